The number of fused-ring (bicyclic) bond motifs is 1. The number of benzene rings is 3. The molecule has 1 unspecified atom stereocenters. The van der Waals surface area contributed by atoms with E-state index in [4.69, 9.17) is 4.74 Å². The van der Waals surface area contributed by atoms with Crippen molar-refractivity contribution in [3.63, 3.8) is 0 Å². The Kier molecular flexibility index (Phi) is 6.49. The van der Waals surface area contributed by atoms with E-state index in [2.05, 4.69) is 4.98 Å². The minimum Gasteiger partial charge on any atom is -0.507 e. The third-order valence-corrected chi connectivity index (χ3v) is 6.70. The fourth-order valence-electron chi connectivity index (χ4n) is 4.95. The Labute approximate surface area is 215 Å². The number of pyridine rings is 1. The Bertz CT molecular complexity index is 1520. The number of carbonyl (C=O) groups is 2. The Hall–Kier alpha value is -4.45. The van der Waals surface area contributed by atoms with Gasteiger partial charge in [-0.05, 0) is 65.8 Å². The third kappa shape index (κ3) is 4.25. The maximum Gasteiger partial charge on any atom is 0.300 e. The second-order valence-electron chi connectivity index (χ2n) is 9.29. The zero-order chi connectivity index (χ0) is 26.1. The zero-order valence-corrected chi connectivity index (χ0v) is 21.0. The Balaban J connectivity index is 1.74. The molecule has 0 spiro atoms. The topological polar surface area (TPSA) is 79.7 Å². The van der Waals surface area contributed by atoms with Gasteiger partial charge in [0.15, 0.2) is 0 Å². The van der Waals surface area contributed by atoms with E-state index in [1.165, 1.54) is 4.90 Å². The van der Waals surface area contributed by atoms with Crippen molar-refractivity contribution in [1.29, 1.82) is 0 Å². The number of aromatic nitrogens is 1. The predicted octanol–water partition coefficient (Wildman–Crippen LogP) is 6.38. The van der Waals surface area contributed by atoms with Crippen molar-refractivity contribution in [1.82, 2.24) is 4.98 Å². The molecular weight excluding hydrogens is 464 g/mol. The number of aliphatic hydroxyl groups excluding tert-OH is 1. The van der Waals surface area contributed by atoms with Crippen LogP contribution in [0.25, 0.3) is 16.5 Å². The molecule has 37 heavy (non-hydrogen) atoms. The lowest BCUT2D eigenvalue weighted by atomic mass is 9.93. The van der Waals surface area contributed by atoms with Crippen LogP contribution in [0.2, 0.25) is 0 Å². The second kappa shape index (κ2) is 9.90. The molecule has 1 fully saturated rings. The number of ketones is 1. The monoisotopic (exact) mass is 492 g/mol. The number of anilines is 1. The zero-order valence-electron chi connectivity index (χ0n) is 21.0. The molecule has 1 saturated heterocycles. The molecule has 2 heterocycles. The summed E-state index contributed by atoms with van der Waals surface area (Å²) in [4.78, 5) is 32.7. The summed E-state index contributed by atoms with van der Waals surface area (Å²) in [5.41, 5.74) is 2.70. The summed E-state index contributed by atoms with van der Waals surface area (Å²) in [7, 11) is 0. The smallest absolute Gasteiger partial charge is 0.300 e. The van der Waals surface area contributed by atoms with Gasteiger partial charge in [-0.2, -0.15) is 0 Å². The van der Waals surface area contributed by atoms with E-state index in [1.807, 2.05) is 69.3 Å². The molecule has 1 aromatic heterocycles. The lowest BCUT2D eigenvalue weighted by Gasteiger charge is -2.26. The average molecular weight is 493 g/mol. The molecule has 3 aromatic carbocycles. The molecule has 0 aliphatic carbocycles. The van der Waals surface area contributed by atoms with Crippen LogP contribution < -0.4 is 9.64 Å². The predicted molar refractivity (Wildman–Crippen MR) is 145 cm³/mol. The van der Waals surface area contributed by atoms with E-state index in [1.54, 1.807) is 36.7 Å². The fourth-order valence-corrected chi connectivity index (χ4v) is 4.95. The second-order valence-corrected chi connectivity index (χ2v) is 9.29. The first kappa shape index (κ1) is 24.3. The highest BCUT2D eigenvalue weighted by molar-refractivity contribution is 6.52. The van der Waals surface area contributed by atoms with Crippen LogP contribution in [-0.4, -0.2) is 28.4 Å². The normalized spacial score (nSPS) is 17.1. The molecule has 6 heteroatoms. The van der Waals surface area contributed by atoms with Crippen molar-refractivity contribution in [2.75, 3.05) is 11.5 Å². The Morgan fingerprint density at radius 2 is 1.73 bits per heavy atom. The fraction of sp³-hybridized carbons (Fsp3) is 0.194. The molecule has 1 aliphatic heterocycles. The maximum absolute atomic E-state index is 13.6. The molecule has 1 N–H and O–H groups in total. The van der Waals surface area contributed by atoms with E-state index in [0.717, 1.165) is 22.1 Å². The van der Waals surface area contributed by atoms with Crippen LogP contribution in [-0.2, 0) is 9.59 Å². The summed E-state index contributed by atoms with van der Waals surface area (Å²) in [6.07, 6.45) is 3.23. The van der Waals surface area contributed by atoms with Crippen LogP contribution in [0.4, 0.5) is 5.69 Å². The minimum absolute atomic E-state index is 0.0444. The number of amides is 1. The van der Waals surface area contributed by atoms with Crippen LogP contribution in [0.15, 0.2) is 90.8 Å². The van der Waals surface area contributed by atoms with Gasteiger partial charge in [-0.1, -0.05) is 50.2 Å². The molecule has 1 atom stereocenters. The number of hydrogen-bond acceptors (Lipinski definition) is 5. The average Bonchev–Trinajstić information content (AvgIpc) is 3.18. The molecule has 5 rings (SSSR count). The van der Waals surface area contributed by atoms with Crippen LogP contribution in [0.3, 0.4) is 0 Å². The van der Waals surface area contributed by atoms with Gasteiger partial charge in [0.05, 0.1) is 23.9 Å². The summed E-state index contributed by atoms with van der Waals surface area (Å²) < 4.78 is 5.77. The quantitative estimate of drug-likeness (QED) is 0.192. The number of aliphatic hydroxyl groups is 1. The molecule has 186 valence electrons. The van der Waals surface area contributed by atoms with Crippen LogP contribution in [0.1, 0.15) is 49.4 Å². The summed E-state index contributed by atoms with van der Waals surface area (Å²) in [5, 5.41) is 13.4. The van der Waals surface area contributed by atoms with Crippen molar-refractivity contribution in [2.24, 2.45) is 0 Å². The summed E-state index contributed by atoms with van der Waals surface area (Å²) >= 11 is 0. The molecule has 1 aliphatic rings. The SMILES string of the molecule is CCOc1ccc(/C(O)=C2\C(=O)C(=O)N(c3cccc4ccccc34)C2c2ccncc2)cc1C(C)C. The van der Waals surface area contributed by atoms with Crippen LogP contribution in [0, 0.1) is 0 Å². The summed E-state index contributed by atoms with van der Waals surface area (Å²) in [6.45, 7) is 6.51. The van der Waals surface area contributed by atoms with Gasteiger partial charge < -0.3 is 9.84 Å². The van der Waals surface area contributed by atoms with Crippen LogP contribution >= 0.6 is 0 Å². The van der Waals surface area contributed by atoms with Crippen molar-refractivity contribution in [3.05, 3.63) is 107 Å². The molecular formula is C31H28N2O4. The number of Topliss-reactive ketones (excluding diaryl/α,β-unsaturated/α-hetero) is 1. The van der Waals surface area contributed by atoms with Crippen molar-refractivity contribution in [2.45, 2.75) is 32.7 Å². The highest BCUT2D eigenvalue weighted by Gasteiger charge is 2.47. The first-order valence-corrected chi connectivity index (χ1v) is 12.4. The lowest BCUT2D eigenvalue weighted by Crippen LogP contribution is -2.29. The van der Waals surface area contributed by atoms with E-state index < -0.39 is 17.7 Å². The third-order valence-electron chi connectivity index (χ3n) is 6.70. The van der Waals surface area contributed by atoms with Gasteiger partial charge in [0, 0.05) is 23.3 Å². The Morgan fingerprint density at radius 3 is 2.46 bits per heavy atom. The van der Waals surface area contributed by atoms with E-state index >= 15 is 0 Å². The molecule has 0 bridgehead atoms. The van der Waals surface area contributed by atoms with Gasteiger partial charge in [-0.15, -0.1) is 0 Å². The number of ether oxygens (including phenoxy) is 1. The van der Waals surface area contributed by atoms with Gasteiger partial charge in [-0.3, -0.25) is 19.5 Å². The highest BCUT2D eigenvalue weighted by atomic mass is 16.5. The van der Waals surface area contributed by atoms with E-state index in [9.17, 15) is 14.7 Å². The maximum atomic E-state index is 13.6. The van der Waals surface area contributed by atoms with Crippen molar-refractivity contribution in [3.8, 4) is 5.75 Å². The standard InChI is InChI=1S/C31H28N2O4/c1-4-37-26-13-12-22(18-24(26)19(2)3)29(34)27-28(21-14-16-32-17-15-21)33(31(36)30(27)35)25-11-7-9-20-8-5-6-10-23(20)25/h5-19,28,34H,4H2,1-3H3/b29-27+. The summed E-state index contributed by atoms with van der Waals surface area (Å²) in [6, 6.07) is 21.4. The van der Waals surface area contributed by atoms with Gasteiger partial charge in [0.1, 0.15) is 11.5 Å². The summed E-state index contributed by atoms with van der Waals surface area (Å²) in [5.74, 6) is -0.769. The molecule has 0 radical (unpaired) electrons. The van der Waals surface area contributed by atoms with Crippen molar-refractivity contribution < 1.29 is 19.4 Å². The van der Waals surface area contributed by atoms with Crippen molar-refractivity contribution >= 4 is 33.9 Å². The van der Waals surface area contributed by atoms with Crippen LogP contribution in [0.5, 0.6) is 5.75 Å². The van der Waals surface area contributed by atoms with Gasteiger partial charge in [0.2, 0.25) is 0 Å². The minimum atomic E-state index is -0.817. The molecule has 6 nitrogen and oxygen atoms in total. The van der Waals surface area contributed by atoms with Gasteiger partial charge in [0.25, 0.3) is 11.7 Å². The number of hydrogen-bond donors (Lipinski definition) is 1. The number of carbonyl (C=O) groups excluding carboxylic acids is 2. The van der Waals surface area contributed by atoms with Gasteiger partial charge in [-0.25, -0.2) is 0 Å². The Morgan fingerprint density at radius 1 is 1.00 bits per heavy atom. The molecule has 1 amide bonds. The molecule has 0 saturated carbocycles. The molecule has 4 aromatic rings. The largest absolute Gasteiger partial charge is 0.507 e. The first-order valence-electron chi connectivity index (χ1n) is 12.4. The van der Waals surface area contributed by atoms with E-state index in [-0.39, 0.29) is 17.3 Å². The lowest BCUT2D eigenvalue weighted by molar-refractivity contribution is -0.132. The first-order chi connectivity index (χ1) is 17.9. The van der Waals surface area contributed by atoms with E-state index in [0.29, 0.717) is 23.4 Å². The highest BCUT2D eigenvalue weighted by Crippen LogP contribution is 2.44. The number of nitrogens with zero attached hydrogens (tertiary/aromatic N) is 2. The number of rotatable bonds is 6. The van der Waals surface area contributed by atoms with Gasteiger partial charge >= 0.3 is 0 Å².